The van der Waals surface area contributed by atoms with Crippen LogP contribution in [-0.4, -0.2) is 22.1 Å². The van der Waals surface area contributed by atoms with Gasteiger partial charge in [0.05, 0.1) is 17.4 Å². The van der Waals surface area contributed by atoms with Gasteiger partial charge in [0.1, 0.15) is 0 Å². The molecule has 0 fully saturated rings. The SMILES string of the molecule is C#CC(CC)NC(=O)c1n[nH]c(C(C)C)c1N. The van der Waals surface area contributed by atoms with E-state index in [0.29, 0.717) is 12.1 Å². The maximum Gasteiger partial charge on any atom is 0.274 e. The Balaban J connectivity index is 2.87. The van der Waals surface area contributed by atoms with Crippen molar-refractivity contribution in [1.82, 2.24) is 15.5 Å². The minimum absolute atomic E-state index is 0.193. The molecule has 0 saturated carbocycles. The van der Waals surface area contributed by atoms with E-state index in [-0.39, 0.29) is 23.6 Å². The molecule has 1 atom stereocenters. The van der Waals surface area contributed by atoms with Gasteiger partial charge in [-0.2, -0.15) is 5.10 Å². The summed E-state index contributed by atoms with van der Waals surface area (Å²) in [4.78, 5) is 11.9. The van der Waals surface area contributed by atoms with Crippen LogP contribution < -0.4 is 11.1 Å². The van der Waals surface area contributed by atoms with E-state index >= 15 is 0 Å². The number of hydrogen-bond acceptors (Lipinski definition) is 3. The van der Waals surface area contributed by atoms with Crippen LogP contribution in [0.15, 0.2) is 0 Å². The average Bonchev–Trinajstić information content (AvgIpc) is 2.67. The molecule has 0 saturated heterocycles. The number of aromatic amines is 1. The number of rotatable bonds is 4. The van der Waals surface area contributed by atoms with Crippen LogP contribution in [0.1, 0.15) is 49.3 Å². The van der Waals surface area contributed by atoms with E-state index in [0.717, 1.165) is 5.69 Å². The summed E-state index contributed by atoms with van der Waals surface area (Å²) in [6.07, 6.45) is 5.95. The first-order chi connectivity index (χ1) is 8.01. The van der Waals surface area contributed by atoms with Crippen LogP contribution in [-0.2, 0) is 0 Å². The molecule has 1 unspecified atom stereocenters. The van der Waals surface area contributed by atoms with Crippen molar-refractivity contribution in [1.29, 1.82) is 0 Å². The predicted molar refractivity (Wildman–Crippen MR) is 67.5 cm³/mol. The van der Waals surface area contributed by atoms with Gasteiger partial charge < -0.3 is 11.1 Å². The summed E-state index contributed by atoms with van der Waals surface area (Å²) in [6, 6.07) is -0.291. The summed E-state index contributed by atoms with van der Waals surface area (Å²) in [5.41, 5.74) is 7.23. The number of amides is 1. The Morgan fingerprint density at radius 1 is 1.65 bits per heavy atom. The Kier molecular flexibility index (Phi) is 4.16. The van der Waals surface area contributed by atoms with Gasteiger partial charge in [0.25, 0.3) is 5.91 Å². The van der Waals surface area contributed by atoms with Gasteiger partial charge in [-0.05, 0) is 12.3 Å². The molecule has 1 heterocycles. The van der Waals surface area contributed by atoms with Gasteiger partial charge in [-0.1, -0.05) is 26.7 Å². The lowest BCUT2D eigenvalue weighted by Crippen LogP contribution is -2.33. The average molecular weight is 234 g/mol. The zero-order valence-corrected chi connectivity index (χ0v) is 10.4. The molecule has 17 heavy (non-hydrogen) atoms. The molecule has 0 aromatic carbocycles. The second kappa shape index (κ2) is 5.39. The number of nitrogens with two attached hydrogens (primary N) is 1. The summed E-state index contributed by atoms with van der Waals surface area (Å²) in [5, 5.41) is 9.39. The zero-order valence-electron chi connectivity index (χ0n) is 10.4. The van der Waals surface area contributed by atoms with E-state index in [2.05, 4.69) is 21.4 Å². The van der Waals surface area contributed by atoms with Gasteiger partial charge in [0, 0.05) is 0 Å². The number of nitrogen functional groups attached to an aromatic ring is 1. The maximum atomic E-state index is 11.9. The Hall–Kier alpha value is -1.96. The van der Waals surface area contributed by atoms with Crippen molar-refractivity contribution in [3.63, 3.8) is 0 Å². The fourth-order valence-electron chi connectivity index (χ4n) is 1.47. The highest BCUT2D eigenvalue weighted by molar-refractivity contribution is 5.98. The second-order valence-electron chi connectivity index (χ2n) is 4.16. The van der Waals surface area contributed by atoms with Crippen molar-refractivity contribution >= 4 is 11.6 Å². The zero-order chi connectivity index (χ0) is 13.0. The van der Waals surface area contributed by atoms with Crippen molar-refractivity contribution in [2.45, 2.75) is 39.2 Å². The third-order valence-corrected chi connectivity index (χ3v) is 2.54. The van der Waals surface area contributed by atoms with Gasteiger partial charge in [0.15, 0.2) is 5.69 Å². The smallest absolute Gasteiger partial charge is 0.274 e. The molecule has 0 aliphatic heterocycles. The Morgan fingerprint density at radius 2 is 2.29 bits per heavy atom. The lowest BCUT2D eigenvalue weighted by molar-refractivity contribution is 0.0941. The van der Waals surface area contributed by atoms with E-state index in [1.54, 1.807) is 0 Å². The van der Waals surface area contributed by atoms with Gasteiger partial charge in [0.2, 0.25) is 0 Å². The molecule has 0 spiro atoms. The van der Waals surface area contributed by atoms with Crippen molar-refractivity contribution in [2.24, 2.45) is 0 Å². The number of terminal acetylenes is 1. The number of anilines is 1. The van der Waals surface area contributed by atoms with Gasteiger partial charge in [-0.15, -0.1) is 6.42 Å². The van der Waals surface area contributed by atoms with E-state index in [9.17, 15) is 4.79 Å². The highest BCUT2D eigenvalue weighted by Crippen LogP contribution is 2.21. The molecule has 0 radical (unpaired) electrons. The first-order valence-corrected chi connectivity index (χ1v) is 5.61. The van der Waals surface area contributed by atoms with Crippen LogP contribution in [0.4, 0.5) is 5.69 Å². The van der Waals surface area contributed by atoms with Gasteiger partial charge in [-0.25, -0.2) is 0 Å². The number of aromatic nitrogens is 2. The normalized spacial score (nSPS) is 12.2. The third kappa shape index (κ3) is 2.78. The van der Waals surface area contributed by atoms with Crippen molar-refractivity contribution in [2.75, 3.05) is 5.73 Å². The van der Waals surface area contributed by atoms with Crippen LogP contribution in [0.5, 0.6) is 0 Å². The minimum atomic E-state index is -0.338. The Bertz CT molecular complexity index is 442. The summed E-state index contributed by atoms with van der Waals surface area (Å²) < 4.78 is 0. The number of carbonyl (C=O) groups is 1. The fraction of sp³-hybridized carbons (Fsp3) is 0.500. The second-order valence-corrected chi connectivity index (χ2v) is 4.16. The van der Waals surface area contributed by atoms with Crippen LogP contribution in [0.2, 0.25) is 0 Å². The number of nitrogens with zero attached hydrogens (tertiary/aromatic N) is 1. The van der Waals surface area contributed by atoms with Crippen molar-refractivity contribution in [3.8, 4) is 12.3 Å². The fourth-order valence-corrected chi connectivity index (χ4v) is 1.47. The molecular weight excluding hydrogens is 216 g/mol. The molecule has 0 bridgehead atoms. The van der Waals surface area contributed by atoms with Crippen LogP contribution in [0, 0.1) is 12.3 Å². The first kappa shape index (κ1) is 13.1. The monoisotopic (exact) mass is 234 g/mol. The summed E-state index contributed by atoms with van der Waals surface area (Å²) in [7, 11) is 0. The van der Waals surface area contributed by atoms with Gasteiger partial charge in [-0.3, -0.25) is 9.89 Å². The number of H-pyrrole nitrogens is 1. The quantitative estimate of drug-likeness (QED) is 0.686. The van der Waals surface area contributed by atoms with Crippen molar-refractivity contribution in [3.05, 3.63) is 11.4 Å². The molecule has 5 heteroatoms. The lowest BCUT2D eigenvalue weighted by Gasteiger charge is -2.09. The molecule has 92 valence electrons. The standard InChI is InChI=1S/C12H18N4O/c1-5-8(6-2)14-12(17)11-9(13)10(7(3)4)15-16-11/h1,7-8H,6,13H2,2-4H3,(H,14,17)(H,15,16). The van der Waals surface area contributed by atoms with Crippen LogP contribution in [0.3, 0.4) is 0 Å². The molecule has 1 aromatic rings. The molecule has 1 amide bonds. The topological polar surface area (TPSA) is 83.8 Å². The minimum Gasteiger partial charge on any atom is -0.395 e. The molecule has 0 aliphatic carbocycles. The summed E-state index contributed by atoms with van der Waals surface area (Å²) in [5.74, 6) is 2.35. The molecule has 1 aromatic heterocycles. The summed E-state index contributed by atoms with van der Waals surface area (Å²) >= 11 is 0. The first-order valence-electron chi connectivity index (χ1n) is 5.61. The lowest BCUT2D eigenvalue weighted by atomic mass is 10.1. The maximum absolute atomic E-state index is 11.9. The van der Waals surface area contributed by atoms with E-state index in [1.165, 1.54) is 0 Å². The Labute approximate surface area is 101 Å². The van der Waals surface area contributed by atoms with E-state index in [1.807, 2.05) is 20.8 Å². The number of nitrogens with one attached hydrogen (secondary N) is 2. The molecule has 4 N–H and O–H groups in total. The van der Waals surface area contributed by atoms with E-state index < -0.39 is 0 Å². The van der Waals surface area contributed by atoms with Gasteiger partial charge >= 0.3 is 0 Å². The Morgan fingerprint density at radius 3 is 2.71 bits per heavy atom. The highest BCUT2D eigenvalue weighted by atomic mass is 16.2. The van der Waals surface area contributed by atoms with Crippen molar-refractivity contribution < 1.29 is 4.79 Å². The van der Waals surface area contributed by atoms with E-state index in [4.69, 9.17) is 12.2 Å². The summed E-state index contributed by atoms with van der Waals surface area (Å²) in [6.45, 7) is 5.85. The van der Waals surface area contributed by atoms with Crippen LogP contribution in [0.25, 0.3) is 0 Å². The highest BCUT2D eigenvalue weighted by Gasteiger charge is 2.20. The molecule has 1 rings (SSSR count). The van der Waals surface area contributed by atoms with Crippen LogP contribution >= 0.6 is 0 Å². The molecule has 5 nitrogen and oxygen atoms in total. The predicted octanol–water partition coefficient (Wildman–Crippen LogP) is 1.26. The number of carbonyl (C=O) groups excluding carboxylic acids is 1. The molecule has 0 aliphatic rings. The largest absolute Gasteiger partial charge is 0.395 e. The third-order valence-electron chi connectivity index (χ3n) is 2.54. The molecular formula is C12H18N4O. The number of hydrogen-bond donors (Lipinski definition) is 3.